The lowest BCUT2D eigenvalue weighted by Crippen LogP contribution is -2.51. The first-order valence-corrected chi connectivity index (χ1v) is 8.23. The molecule has 10 nitrogen and oxygen atoms in total. The van der Waals surface area contributed by atoms with Crippen molar-refractivity contribution in [2.45, 2.75) is 18.4 Å². The molecule has 14 heteroatoms. The number of ether oxygens (including phenoxy) is 2. The van der Waals surface area contributed by atoms with Gasteiger partial charge in [0.25, 0.3) is 11.9 Å². The average molecular weight is 429 g/mol. The molecular formula is C16H15F4N7O3. The molecule has 0 aliphatic carbocycles. The van der Waals surface area contributed by atoms with Crippen LogP contribution in [0.1, 0.15) is 23.1 Å². The topological polar surface area (TPSA) is 151 Å². The minimum absolute atomic E-state index is 0.251. The van der Waals surface area contributed by atoms with Crippen molar-refractivity contribution >= 4 is 23.6 Å². The van der Waals surface area contributed by atoms with E-state index < -0.39 is 48.4 Å². The number of anilines is 2. The second-order valence-corrected chi connectivity index (χ2v) is 6.19. The highest BCUT2D eigenvalue weighted by atomic mass is 19.3. The minimum Gasteiger partial charge on any atom is -0.459 e. The van der Waals surface area contributed by atoms with Gasteiger partial charge in [-0.3, -0.25) is 4.79 Å². The molecule has 0 saturated carbocycles. The molecule has 0 fully saturated rings. The molecule has 1 atom stereocenters. The number of hydrogen-bond donors (Lipinski definition) is 3. The van der Waals surface area contributed by atoms with Gasteiger partial charge in [0, 0.05) is 0 Å². The number of nitrogens with two attached hydrogens (primary N) is 2. The van der Waals surface area contributed by atoms with E-state index >= 15 is 0 Å². The third-order valence-corrected chi connectivity index (χ3v) is 4.19. The normalized spacial score (nSPS) is 20.1. The number of halogens is 4. The van der Waals surface area contributed by atoms with Crippen molar-refractivity contribution < 1.29 is 31.8 Å². The maximum atomic E-state index is 14.4. The molecule has 5 N–H and O–H groups in total. The van der Waals surface area contributed by atoms with Crippen LogP contribution in [0.4, 0.5) is 29.2 Å². The monoisotopic (exact) mass is 429 g/mol. The summed E-state index contributed by atoms with van der Waals surface area (Å²) in [5, 5.41) is 2.24. The van der Waals surface area contributed by atoms with Gasteiger partial charge in [-0.15, -0.1) is 0 Å². The molecule has 2 aromatic rings. The van der Waals surface area contributed by atoms with Gasteiger partial charge in [0.05, 0.1) is 6.20 Å². The summed E-state index contributed by atoms with van der Waals surface area (Å²) in [4.78, 5) is 27.0. The molecule has 0 bridgehead atoms. The predicted molar refractivity (Wildman–Crippen MR) is 95.1 cm³/mol. The number of aliphatic imine (C=N–C) groups is 1. The molecule has 0 radical (unpaired) electrons. The fraction of sp³-hybridized carbons (Fsp3) is 0.312. The van der Waals surface area contributed by atoms with Crippen LogP contribution in [0.3, 0.4) is 0 Å². The van der Waals surface area contributed by atoms with Gasteiger partial charge in [0.15, 0.2) is 23.7 Å². The van der Waals surface area contributed by atoms with Crippen molar-refractivity contribution in [1.82, 2.24) is 15.0 Å². The SMILES string of the molecule is C[C@]1(c2nc(NC(=O)c3ncc(OCF)nc3N)ccc2F)N=C(N)OCC1(F)F. The van der Waals surface area contributed by atoms with E-state index in [0.717, 1.165) is 25.3 Å². The van der Waals surface area contributed by atoms with Crippen molar-refractivity contribution in [3.8, 4) is 5.88 Å². The summed E-state index contributed by atoms with van der Waals surface area (Å²) in [5.74, 6) is -6.60. The smallest absolute Gasteiger partial charge is 0.311 e. The van der Waals surface area contributed by atoms with Crippen molar-refractivity contribution in [3.63, 3.8) is 0 Å². The number of hydrogen-bond acceptors (Lipinski definition) is 9. The molecule has 0 spiro atoms. The number of rotatable bonds is 5. The standard InChI is InChI=1S/C16H15F4N7O3/c1-15(16(19,20)5-29-14(22)27-15)11-7(18)2-3-8(24-11)25-13(28)10-12(21)26-9(4-23-10)30-6-17/h2-4H,5-6H2,1H3,(H2,21,26)(H2,22,27)(H,24,25,28)/t15-/m1/s1. The van der Waals surface area contributed by atoms with Crippen LogP contribution in [0.2, 0.25) is 0 Å². The summed E-state index contributed by atoms with van der Waals surface area (Å²) in [7, 11) is 0. The van der Waals surface area contributed by atoms with Crippen LogP contribution in [-0.4, -0.2) is 46.3 Å². The first-order chi connectivity index (χ1) is 14.1. The lowest BCUT2D eigenvalue weighted by Gasteiger charge is -2.36. The van der Waals surface area contributed by atoms with Crippen molar-refractivity contribution in [3.05, 3.63) is 35.5 Å². The van der Waals surface area contributed by atoms with E-state index in [1.807, 2.05) is 0 Å². The zero-order valence-electron chi connectivity index (χ0n) is 15.3. The van der Waals surface area contributed by atoms with E-state index in [4.69, 9.17) is 11.5 Å². The number of nitrogens with one attached hydrogen (secondary N) is 1. The highest BCUT2D eigenvalue weighted by molar-refractivity contribution is 6.05. The van der Waals surface area contributed by atoms with E-state index in [0.29, 0.717) is 0 Å². The number of aromatic nitrogens is 3. The number of alkyl halides is 3. The van der Waals surface area contributed by atoms with Gasteiger partial charge >= 0.3 is 5.92 Å². The van der Waals surface area contributed by atoms with Crippen LogP contribution in [0, 0.1) is 5.82 Å². The van der Waals surface area contributed by atoms with E-state index in [2.05, 4.69) is 34.7 Å². The molecule has 160 valence electrons. The maximum Gasteiger partial charge on any atom is 0.311 e. The van der Waals surface area contributed by atoms with E-state index in [1.54, 1.807) is 0 Å². The van der Waals surface area contributed by atoms with Crippen molar-refractivity contribution in [2.24, 2.45) is 10.7 Å². The average Bonchev–Trinajstić information content (AvgIpc) is 2.67. The Balaban J connectivity index is 1.93. The molecule has 0 unspecified atom stereocenters. The van der Waals surface area contributed by atoms with Crippen LogP contribution in [-0.2, 0) is 10.3 Å². The molecule has 1 amide bonds. The fourth-order valence-corrected chi connectivity index (χ4v) is 2.58. The zero-order chi connectivity index (χ0) is 22.1. The van der Waals surface area contributed by atoms with Gasteiger partial charge in [-0.25, -0.2) is 23.7 Å². The number of carbonyl (C=O) groups excluding carboxylic acids is 1. The Morgan fingerprint density at radius 3 is 2.73 bits per heavy atom. The summed E-state index contributed by atoms with van der Waals surface area (Å²) in [6.07, 6.45) is 0.954. The zero-order valence-corrected chi connectivity index (χ0v) is 15.3. The van der Waals surface area contributed by atoms with Gasteiger partial charge in [0.2, 0.25) is 12.7 Å². The summed E-state index contributed by atoms with van der Waals surface area (Å²) in [6, 6.07) is 1.31. The Labute approximate surface area is 166 Å². The highest BCUT2D eigenvalue weighted by Gasteiger charge is 2.57. The summed E-state index contributed by atoms with van der Waals surface area (Å²) in [5.41, 5.74) is 7.34. The summed E-state index contributed by atoms with van der Waals surface area (Å²) < 4.78 is 64.4. The first kappa shape index (κ1) is 21.0. The second kappa shape index (κ2) is 7.61. The van der Waals surface area contributed by atoms with Gasteiger partial charge in [-0.1, -0.05) is 0 Å². The lowest BCUT2D eigenvalue weighted by molar-refractivity contribution is -0.118. The van der Waals surface area contributed by atoms with Crippen LogP contribution in [0.5, 0.6) is 5.88 Å². The molecule has 2 aromatic heterocycles. The molecule has 0 aromatic carbocycles. The van der Waals surface area contributed by atoms with Crippen LogP contribution >= 0.6 is 0 Å². The Hall–Kier alpha value is -3.71. The lowest BCUT2D eigenvalue weighted by atomic mass is 9.89. The number of amidine groups is 1. The predicted octanol–water partition coefficient (Wildman–Crippen LogP) is 1.35. The quantitative estimate of drug-likeness (QED) is 0.603. The second-order valence-electron chi connectivity index (χ2n) is 6.19. The van der Waals surface area contributed by atoms with Crippen LogP contribution < -0.4 is 21.5 Å². The van der Waals surface area contributed by atoms with Crippen LogP contribution in [0.15, 0.2) is 23.3 Å². The number of nitrogen functional groups attached to an aromatic ring is 1. The Morgan fingerprint density at radius 1 is 1.33 bits per heavy atom. The molecule has 1 aliphatic rings. The number of carbonyl (C=O) groups is 1. The van der Waals surface area contributed by atoms with Gasteiger partial charge in [-0.05, 0) is 19.1 Å². The van der Waals surface area contributed by atoms with Crippen LogP contribution in [0.25, 0.3) is 0 Å². The molecule has 1 aliphatic heterocycles. The number of amides is 1. The maximum absolute atomic E-state index is 14.4. The molecule has 30 heavy (non-hydrogen) atoms. The van der Waals surface area contributed by atoms with Gasteiger partial charge < -0.3 is 26.3 Å². The number of nitrogens with zero attached hydrogens (tertiary/aromatic N) is 4. The highest BCUT2D eigenvalue weighted by Crippen LogP contribution is 2.43. The Kier molecular flexibility index (Phi) is 5.33. The molecular weight excluding hydrogens is 414 g/mol. The first-order valence-electron chi connectivity index (χ1n) is 8.23. The van der Waals surface area contributed by atoms with E-state index in [-0.39, 0.29) is 23.2 Å². The minimum atomic E-state index is -3.64. The fourth-order valence-electron chi connectivity index (χ4n) is 2.58. The van der Waals surface area contributed by atoms with Gasteiger partial charge in [-0.2, -0.15) is 13.8 Å². The molecule has 3 heterocycles. The summed E-state index contributed by atoms with van der Waals surface area (Å²) in [6.45, 7) is -1.37. The Bertz CT molecular complexity index is 1020. The van der Waals surface area contributed by atoms with Crippen molar-refractivity contribution in [2.75, 3.05) is 24.5 Å². The largest absolute Gasteiger partial charge is 0.459 e. The third kappa shape index (κ3) is 3.75. The number of pyridine rings is 1. The van der Waals surface area contributed by atoms with Gasteiger partial charge in [0.1, 0.15) is 17.3 Å². The third-order valence-electron chi connectivity index (χ3n) is 4.19. The molecule has 3 rings (SSSR count). The molecule has 0 saturated heterocycles. The summed E-state index contributed by atoms with van der Waals surface area (Å²) >= 11 is 0. The van der Waals surface area contributed by atoms with Crippen molar-refractivity contribution in [1.29, 1.82) is 0 Å². The van der Waals surface area contributed by atoms with E-state index in [1.165, 1.54) is 0 Å². The Morgan fingerprint density at radius 2 is 2.07 bits per heavy atom. The van der Waals surface area contributed by atoms with E-state index in [9.17, 15) is 22.4 Å².